The van der Waals surface area contributed by atoms with E-state index in [0.717, 1.165) is 12.5 Å². The molecule has 1 saturated heterocycles. The van der Waals surface area contributed by atoms with Crippen molar-refractivity contribution in [2.75, 3.05) is 23.7 Å². The maximum absolute atomic E-state index is 13.5. The van der Waals surface area contributed by atoms with Crippen LogP contribution in [0.15, 0.2) is 35.2 Å². The molecule has 0 spiro atoms. The zero-order valence-electron chi connectivity index (χ0n) is 16.0. The number of amides is 2. The molecule has 0 bridgehead atoms. The number of halogens is 3. The van der Waals surface area contributed by atoms with Crippen molar-refractivity contribution >= 4 is 50.6 Å². The Hall–Kier alpha value is -2.11. The monoisotopic (exact) mass is 488 g/mol. The Kier molecular flexibility index (Phi) is 5.78. The Balaban J connectivity index is 1.60. The fourth-order valence-electron chi connectivity index (χ4n) is 3.99. The molecule has 0 aromatic heterocycles. The summed E-state index contributed by atoms with van der Waals surface area (Å²) in [6.07, 6.45) is 0.929. The summed E-state index contributed by atoms with van der Waals surface area (Å²) in [5.41, 5.74) is 5.59. The van der Waals surface area contributed by atoms with Gasteiger partial charge < -0.3 is 21.5 Å². The second-order valence-electron chi connectivity index (χ2n) is 7.49. The van der Waals surface area contributed by atoms with Crippen LogP contribution in [0.25, 0.3) is 0 Å². The lowest BCUT2D eigenvalue weighted by molar-refractivity contribution is 0.262. The first-order valence-corrected chi connectivity index (χ1v) is 11.6. The van der Waals surface area contributed by atoms with Gasteiger partial charge in [-0.3, -0.25) is 0 Å². The van der Waals surface area contributed by atoms with E-state index < -0.39 is 32.5 Å². The standard InChI is InChI=1S/C19H19Cl2FN4O4S/c20-11-4-5-14(25-19(28)24-13-3-1-2-12(22)16(13)21)17(27)18(11)31(29,30)26-8-9-6-10(9)15(26)7-23/h1-5,9-10,15,27H,6-8,23H2,(H2,24,25,28)/t9?,10?,15-/m1/s1. The number of hydrogen-bond donors (Lipinski definition) is 4. The normalized spacial score (nSPS) is 22.8. The smallest absolute Gasteiger partial charge is 0.323 e. The summed E-state index contributed by atoms with van der Waals surface area (Å²) in [5, 5.41) is 14.9. The molecular formula is C19H19Cl2FN4O4S. The van der Waals surface area contributed by atoms with Gasteiger partial charge in [0.1, 0.15) is 10.7 Å². The highest BCUT2D eigenvalue weighted by Crippen LogP contribution is 2.52. The van der Waals surface area contributed by atoms with Gasteiger partial charge in [0.05, 0.1) is 21.4 Å². The Bertz CT molecular complexity index is 1160. The van der Waals surface area contributed by atoms with E-state index in [9.17, 15) is 22.7 Å². The first-order valence-electron chi connectivity index (χ1n) is 9.40. The lowest BCUT2D eigenvalue weighted by Crippen LogP contribution is -2.42. The SMILES string of the molecule is NC[C@@H]1C2CC2CN1S(=O)(=O)c1c(Cl)ccc(NC(=O)Nc2cccc(F)c2Cl)c1O. The molecule has 2 aromatic carbocycles. The zero-order chi connectivity index (χ0) is 22.5. The van der Waals surface area contributed by atoms with E-state index in [1.165, 1.54) is 28.6 Å². The van der Waals surface area contributed by atoms with Crippen molar-refractivity contribution in [3.63, 3.8) is 0 Å². The van der Waals surface area contributed by atoms with E-state index in [1.54, 1.807) is 0 Å². The number of nitrogens with one attached hydrogen (secondary N) is 2. The van der Waals surface area contributed by atoms with Gasteiger partial charge >= 0.3 is 6.03 Å². The number of hydrogen-bond acceptors (Lipinski definition) is 5. The first-order chi connectivity index (χ1) is 14.6. The molecule has 3 atom stereocenters. The first kappa shape index (κ1) is 22.1. The maximum atomic E-state index is 13.5. The van der Waals surface area contributed by atoms with Crippen LogP contribution in [0.5, 0.6) is 5.75 Å². The second kappa shape index (κ2) is 8.10. The van der Waals surface area contributed by atoms with Crippen LogP contribution in [0.2, 0.25) is 10.0 Å². The van der Waals surface area contributed by atoms with Crippen LogP contribution in [0.1, 0.15) is 6.42 Å². The van der Waals surface area contributed by atoms with Crippen molar-refractivity contribution < 1.29 is 22.7 Å². The highest BCUT2D eigenvalue weighted by molar-refractivity contribution is 7.89. The van der Waals surface area contributed by atoms with Gasteiger partial charge in [-0.25, -0.2) is 17.6 Å². The number of sulfonamides is 1. The lowest BCUT2D eigenvalue weighted by Gasteiger charge is -2.26. The highest BCUT2D eigenvalue weighted by Gasteiger charge is 2.56. The van der Waals surface area contributed by atoms with Crippen molar-refractivity contribution in [3.05, 3.63) is 46.2 Å². The number of phenolic OH excluding ortho intramolecular Hbond substituents is 1. The van der Waals surface area contributed by atoms with Crippen LogP contribution in [0.4, 0.5) is 20.6 Å². The summed E-state index contributed by atoms with van der Waals surface area (Å²) in [4.78, 5) is 11.8. The van der Waals surface area contributed by atoms with Crippen LogP contribution in [-0.2, 0) is 10.0 Å². The summed E-state index contributed by atoms with van der Waals surface area (Å²) < 4.78 is 41.3. The quantitative estimate of drug-likeness (QED) is 0.479. The van der Waals surface area contributed by atoms with Crippen molar-refractivity contribution in [2.45, 2.75) is 17.4 Å². The fourth-order valence-corrected chi connectivity index (χ4v) is 6.50. The number of urea groups is 1. The minimum atomic E-state index is -4.16. The maximum Gasteiger partial charge on any atom is 0.323 e. The van der Waals surface area contributed by atoms with Crippen LogP contribution in [0.3, 0.4) is 0 Å². The molecule has 5 N–H and O–H groups in total. The average molecular weight is 489 g/mol. The van der Waals surface area contributed by atoms with Gasteiger partial charge in [-0.2, -0.15) is 4.31 Å². The highest BCUT2D eigenvalue weighted by atomic mass is 35.5. The summed E-state index contributed by atoms with van der Waals surface area (Å²) in [5.74, 6) is -0.958. The van der Waals surface area contributed by atoms with Crippen molar-refractivity contribution in [2.24, 2.45) is 17.6 Å². The van der Waals surface area contributed by atoms with Crippen LogP contribution in [0, 0.1) is 17.7 Å². The van der Waals surface area contributed by atoms with Gasteiger partial charge in [-0.05, 0) is 42.5 Å². The molecule has 1 saturated carbocycles. The molecule has 31 heavy (non-hydrogen) atoms. The summed E-state index contributed by atoms with van der Waals surface area (Å²) >= 11 is 11.9. The number of anilines is 2. The third-order valence-electron chi connectivity index (χ3n) is 5.60. The number of benzene rings is 2. The number of rotatable bonds is 5. The molecule has 2 fully saturated rings. The number of carbonyl (C=O) groups is 1. The molecule has 2 aliphatic rings. The molecule has 2 unspecified atom stereocenters. The number of piperidine rings is 1. The second-order valence-corrected chi connectivity index (χ2v) is 10.1. The van der Waals surface area contributed by atoms with Crippen molar-refractivity contribution in [1.82, 2.24) is 4.31 Å². The third-order valence-corrected chi connectivity index (χ3v) is 8.37. The van der Waals surface area contributed by atoms with Gasteiger partial charge in [0, 0.05) is 19.1 Å². The van der Waals surface area contributed by atoms with Crippen LogP contribution >= 0.6 is 23.2 Å². The number of nitrogens with two attached hydrogens (primary N) is 1. The molecule has 4 rings (SSSR count). The Morgan fingerprint density at radius 2 is 1.94 bits per heavy atom. The topological polar surface area (TPSA) is 125 Å². The molecule has 8 nitrogen and oxygen atoms in total. The number of aromatic hydroxyl groups is 1. The Labute approximate surface area is 188 Å². The summed E-state index contributed by atoms with van der Waals surface area (Å²) in [7, 11) is -4.16. The lowest BCUT2D eigenvalue weighted by atomic mass is 10.2. The van der Waals surface area contributed by atoms with Gasteiger partial charge in [-0.15, -0.1) is 0 Å². The van der Waals surface area contributed by atoms with E-state index in [1.807, 2.05) is 0 Å². The Morgan fingerprint density at radius 3 is 2.65 bits per heavy atom. The predicted molar refractivity (Wildman–Crippen MR) is 115 cm³/mol. The predicted octanol–water partition coefficient (Wildman–Crippen LogP) is 3.45. The van der Waals surface area contributed by atoms with Gasteiger partial charge in [0.25, 0.3) is 0 Å². The molecular weight excluding hydrogens is 470 g/mol. The zero-order valence-corrected chi connectivity index (χ0v) is 18.3. The third kappa shape index (κ3) is 3.94. The molecule has 12 heteroatoms. The summed E-state index contributed by atoms with van der Waals surface area (Å²) in [6, 6.07) is 5.16. The van der Waals surface area contributed by atoms with Gasteiger partial charge in [0.2, 0.25) is 10.0 Å². The molecule has 0 radical (unpaired) electrons. The van der Waals surface area contributed by atoms with Crippen molar-refractivity contribution in [1.29, 1.82) is 0 Å². The molecule has 1 aliphatic carbocycles. The number of phenols is 1. The molecule has 2 aromatic rings. The Morgan fingerprint density at radius 1 is 1.23 bits per heavy atom. The van der Waals surface area contributed by atoms with E-state index in [0.29, 0.717) is 6.54 Å². The minimum absolute atomic E-state index is 0.00236. The van der Waals surface area contributed by atoms with E-state index in [4.69, 9.17) is 28.9 Å². The molecule has 1 heterocycles. The van der Waals surface area contributed by atoms with Gasteiger partial charge in [0.15, 0.2) is 5.75 Å². The fraction of sp³-hybridized carbons (Fsp3) is 0.316. The van der Waals surface area contributed by atoms with Crippen LogP contribution in [-0.4, -0.2) is 43.0 Å². The average Bonchev–Trinajstić information content (AvgIpc) is 3.38. The molecule has 166 valence electrons. The number of fused-ring (bicyclic) bond motifs is 1. The van der Waals surface area contributed by atoms with Gasteiger partial charge in [-0.1, -0.05) is 29.3 Å². The summed E-state index contributed by atoms with van der Waals surface area (Å²) in [6.45, 7) is 0.467. The van der Waals surface area contributed by atoms with E-state index in [-0.39, 0.29) is 45.8 Å². The van der Waals surface area contributed by atoms with E-state index >= 15 is 0 Å². The largest absolute Gasteiger partial charge is 0.504 e. The number of carbonyl (C=O) groups excluding carboxylic acids is 1. The van der Waals surface area contributed by atoms with E-state index in [2.05, 4.69) is 10.6 Å². The minimum Gasteiger partial charge on any atom is -0.504 e. The number of nitrogens with zero attached hydrogens (tertiary/aromatic N) is 1. The molecule has 2 amide bonds. The van der Waals surface area contributed by atoms with Crippen molar-refractivity contribution in [3.8, 4) is 5.75 Å². The molecule has 1 aliphatic heterocycles. The van der Waals surface area contributed by atoms with Crippen LogP contribution < -0.4 is 16.4 Å².